The molecule has 0 aromatic heterocycles. The third-order valence-corrected chi connectivity index (χ3v) is 3.71. The molecule has 2 rings (SSSR count). The van der Waals surface area contributed by atoms with Crippen molar-refractivity contribution in [3.8, 4) is 0 Å². The summed E-state index contributed by atoms with van der Waals surface area (Å²) in [5.41, 5.74) is 8.38. The summed E-state index contributed by atoms with van der Waals surface area (Å²) in [6.45, 7) is 12.7. The Morgan fingerprint density at radius 1 is 1.00 bits per heavy atom. The van der Waals surface area contributed by atoms with E-state index in [1.54, 1.807) is 0 Å². The molecule has 0 saturated heterocycles. The molecule has 1 heteroatoms. The van der Waals surface area contributed by atoms with Crippen LogP contribution in [-0.2, 0) is 6.42 Å². The Morgan fingerprint density at radius 2 is 1.70 bits per heavy atom. The molecule has 0 aliphatic rings. The smallest absolute Gasteiger partial charge is 0.0416 e. The van der Waals surface area contributed by atoms with E-state index in [4.69, 9.17) is 0 Å². The van der Waals surface area contributed by atoms with Crippen molar-refractivity contribution in [1.82, 2.24) is 0 Å². The molecule has 104 valence electrons. The van der Waals surface area contributed by atoms with E-state index >= 15 is 0 Å². The van der Waals surface area contributed by atoms with Gasteiger partial charge in [0.25, 0.3) is 0 Å². The largest absolute Gasteiger partial charge is 0.355 e. The minimum absolute atomic E-state index is 0.961. The predicted molar refractivity (Wildman–Crippen MR) is 89.1 cm³/mol. The van der Waals surface area contributed by atoms with Crippen molar-refractivity contribution in [1.29, 1.82) is 0 Å². The number of benzene rings is 2. The van der Waals surface area contributed by atoms with Gasteiger partial charge < -0.3 is 5.32 Å². The minimum Gasteiger partial charge on any atom is -0.355 e. The zero-order valence-electron chi connectivity index (χ0n) is 12.9. The first-order valence-electron chi connectivity index (χ1n) is 7.14. The molecule has 0 heterocycles. The molecule has 0 radical (unpaired) electrons. The fraction of sp³-hybridized carbons (Fsp3) is 0.263. The van der Waals surface area contributed by atoms with Crippen molar-refractivity contribution < 1.29 is 0 Å². The highest BCUT2D eigenvalue weighted by atomic mass is 14.9. The van der Waals surface area contributed by atoms with Crippen LogP contribution in [0.3, 0.4) is 0 Å². The Balaban J connectivity index is 2.30. The van der Waals surface area contributed by atoms with Crippen LogP contribution in [0.2, 0.25) is 0 Å². The van der Waals surface area contributed by atoms with Crippen LogP contribution < -0.4 is 5.32 Å². The van der Waals surface area contributed by atoms with E-state index in [0.29, 0.717) is 0 Å². The van der Waals surface area contributed by atoms with Gasteiger partial charge in [-0.15, -0.1) is 0 Å². The molecular formula is C19H23N. The highest BCUT2D eigenvalue weighted by molar-refractivity contribution is 5.78. The van der Waals surface area contributed by atoms with Crippen LogP contribution in [0, 0.1) is 20.8 Å². The Hall–Kier alpha value is -2.02. The van der Waals surface area contributed by atoms with Crippen molar-refractivity contribution in [3.05, 3.63) is 70.8 Å². The fourth-order valence-corrected chi connectivity index (χ4v) is 2.31. The first-order chi connectivity index (χ1) is 9.51. The lowest BCUT2D eigenvalue weighted by molar-refractivity contribution is 1.14. The van der Waals surface area contributed by atoms with Gasteiger partial charge in [0.05, 0.1) is 0 Å². The molecule has 20 heavy (non-hydrogen) atoms. The Morgan fingerprint density at radius 3 is 2.40 bits per heavy atom. The third-order valence-electron chi connectivity index (χ3n) is 3.71. The SMILES string of the molecule is C=C(Nc1cc(CC)ccc1C)c1cc(C)ccc1C. The maximum Gasteiger partial charge on any atom is 0.0416 e. The van der Waals surface area contributed by atoms with Gasteiger partial charge in [0.1, 0.15) is 0 Å². The maximum absolute atomic E-state index is 4.21. The van der Waals surface area contributed by atoms with Gasteiger partial charge >= 0.3 is 0 Å². The molecular weight excluding hydrogens is 242 g/mol. The number of rotatable bonds is 4. The average molecular weight is 265 g/mol. The summed E-state index contributed by atoms with van der Waals surface area (Å²) in [4.78, 5) is 0. The zero-order valence-corrected chi connectivity index (χ0v) is 12.9. The normalized spacial score (nSPS) is 10.4. The van der Waals surface area contributed by atoms with Crippen molar-refractivity contribution in [3.63, 3.8) is 0 Å². The topological polar surface area (TPSA) is 12.0 Å². The molecule has 0 saturated carbocycles. The van der Waals surface area contributed by atoms with Crippen molar-refractivity contribution >= 4 is 11.4 Å². The monoisotopic (exact) mass is 265 g/mol. The molecule has 0 spiro atoms. The number of anilines is 1. The van der Waals surface area contributed by atoms with Gasteiger partial charge in [0, 0.05) is 16.9 Å². The second-order valence-electron chi connectivity index (χ2n) is 5.42. The van der Waals surface area contributed by atoms with Crippen molar-refractivity contribution in [2.24, 2.45) is 0 Å². The van der Waals surface area contributed by atoms with Crippen LogP contribution in [0.15, 0.2) is 43.0 Å². The molecule has 2 aromatic rings. The quantitative estimate of drug-likeness (QED) is 0.795. The molecule has 1 nitrogen and oxygen atoms in total. The van der Waals surface area contributed by atoms with Gasteiger partial charge in [-0.2, -0.15) is 0 Å². The lowest BCUT2D eigenvalue weighted by atomic mass is 10.0. The summed E-state index contributed by atoms with van der Waals surface area (Å²) in [6.07, 6.45) is 1.05. The molecule has 0 bridgehead atoms. The van der Waals surface area contributed by atoms with Crippen LogP contribution in [0.1, 0.15) is 34.7 Å². The lowest BCUT2D eigenvalue weighted by Gasteiger charge is -2.15. The molecule has 2 aromatic carbocycles. The van der Waals surface area contributed by atoms with Crippen LogP contribution in [0.25, 0.3) is 5.70 Å². The summed E-state index contributed by atoms with van der Waals surface area (Å²) in [5.74, 6) is 0. The van der Waals surface area contributed by atoms with Gasteiger partial charge in [-0.3, -0.25) is 0 Å². The van der Waals surface area contributed by atoms with E-state index in [0.717, 1.165) is 17.8 Å². The molecule has 0 fully saturated rings. The minimum atomic E-state index is 0.961. The van der Waals surface area contributed by atoms with E-state index in [1.165, 1.54) is 27.8 Å². The number of hydrogen-bond donors (Lipinski definition) is 1. The zero-order chi connectivity index (χ0) is 14.7. The molecule has 1 N–H and O–H groups in total. The lowest BCUT2D eigenvalue weighted by Crippen LogP contribution is -2.02. The maximum atomic E-state index is 4.21. The molecule has 0 aliphatic carbocycles. The number of hydrogen-bond acceptors (Lipinski definition) is 1. The van der Waals surface area contributed by atoms with Gasteiger partial charge in [0.2, 0.25) is 0 Å². The van der Waals surface area contributed by atoms with Gasteiger partial charge in [-0.25, -0.2) is 0 Å². The molecule has 0 amide bonds. The Labute approximate surface area is 122 Å². The van der Waals surface area contributed by atoms with E-state index < -0.39 is 0 Å². The fourth-order valence-electron chi connectivity index (χ4n) is 2.31. The Bertz CT molecular complexity index is 638. The molecule has 0 unspecified atom stereocenters. The number of aryl methyl sites for hydroxylation is 4. The van der Waals surface area contributed by atoms with E-state index in [1.807, 2.05) is 0 Å². The van der Waals surface area contributed by atoms with Crippen LogP contribution in [0.5, 0.6) is 0 Å². The van der Waals surface area contributed by atoms with Gasteiger partial charge in [0.15, 0.2) is 0 Å². The van der Waals surface area contributed by atoms with E-state index in [2.05, 4.69) is 76.0 Å². The van der Waals surface area contributed by atoms with E-state index in [-0.39, 0.29) is 0 Å². The first kappa shape index (κ1) is 14.4. The van der Waals surface area contributed by atoms with E-state index in [9.17, 15) is 0 Å². The van der Waals surface area contributed by atoms with Gasteiger partial charge in [-0.1, -0.05) is 43.3 Å². The second-order valence-corrected chi connectivity index (χ2v) is 5.42. The van der Waals surface area contributed by atoms with Gasteiger partial charge in [-0.05, 0) is 56.0 Å². The average Bonchev–Trinajstić information content (AvgIpc) is 2.43. The Kier molecular flexibility index (Phi) is 4.29. The summed E-state index contributed by atoms with van der Waals surface area (Å²) in [7, 11) is 0. The van der Waals surface area contributed by atoms with Crippen LogP contribution in [0.4, 0.5) is 5.69 Å². The van der Waals surface area contributed by atoms with Crippen LogP contribution >= 0.6 is 0 Å². The summed E-state index contributed by atoms with van der Waals surface area (Å²) in [5, 5.41) is 3.47. The highest BCUT2D eigenvalue weighted by Crippen LogP contribution is 2.24. The summed E-state index contributed by atoms with van der Waals surface area (Å²) >= 11 is 0. The summed E-state index contributed by atoms with van der Waals surface area (Å²) in [6, 6.07) is 13.0. The van der Waals surface area contributed by atoms with Crippen molar-refractivity contribution in [2.45, 2.75) is 34.1 Å². The summed E-state index contributed by atoms with van der Waals surface area (Å²) < 4.78 is 0. The first-order valence-corrected chi connectivity index (χ1v) is 7.14. The third kappa shape index (κ3) is 3.11. The second kappa shape index (κ2) is 5.96. The molecule has 0 aliphatic heterocycles. The van der Waals surface area contributed by atoms with Crippen molar-refractivity contribution in [2.75, 3.05) is 5.32 Å². The number of nitrogens with one attached hydrogen (secondary N) is 1. The molecule has 0 atom stereocenters. The standard InChI is InChI=1S/C19H23N/c1-6-17-10-9-15(4)19(12-17)20-16(5)18-11-13(2)7-8-14(18)3/h7-12,20H,5-6H2,1-4H3. The predicted octanol–water partition coefficient (Wildman–Crippen LogP) is 5.26. The van der Waals surface area contributed by atoms with Crippen LogP contribution in [-0.4, -0.2) is 0 Å². The highest BCUT2D eigenvalue weighted by Gasteiger charge is 2.06.